The Balaban J connectivity index is 2.13. The van der Waals surface area contributed by atoms with Crippen molar-refractivity contribution in [1.29, 1.82) is 0 Å². The minimum atomic E-state index is -0.567. The molecule has 3 heteroatoms. The highest BCUT2D eigenvalue weighted by molar-refractivity contribution is 7.99. The van der Waals surface area contributed by atoms with Gasteiger partial charge in [-0.1, -0.05) is 0 Å². The van der Waals surface area contributed by atoms with Crippen molar-refractivity contribution in [1.82, 2.24) is 5.32 Å². The molecule has 72 valence electrons. The second-order valence-electron chi connectivity index (χ2n) is 4.11. The molecule has 1 heterocycles. The van der Waals surface area contributed by atoms with E-state index in [0.717, 1.165) is 0 Å². The van der Waals surface area contributed by atoms with E-state index in [2.05, 4.69) is 5.32 Å². The van der Waals surface area contributed by atoms with Crippen molar-refractivity contribution in [2.24, 2.45) is 0 Å². The van der Waals surface area contributed by atoms with Gasteiger partial charge in [-0.2, -0.15) is 11.8 Å². The molecule has 1 saturated heterocycles. The second-order valence-corrected chi connectivity index (χ2v) is 5.26. The fourth-order valence-corrected chi connectivity index (χ4v) is 2.40. The van der Waals surface area contributed by atoms with Crippen molar-refractivity contribution in [2.45, 2.75) is 38.3 Å². The lowest BCUT2D eigenvalue weighted by Gasteiger charge is -2.26. The molecule has 2 N–H and O–H groups in total. The van der Waals surface area contributed by atoms with Gasteiger partial charge in [-0.05, 0) is 32.4 Å². The molecule has 2 nitrogen and oxygen atoms in total. The molecule has 1 aliphatic heterocycles. The molecule has 0 radical (unpaired) electrons. The molecular formula is C9H19NOS. The standard InChI is InChI=1S/C9H19NOS/c1-9(2,11)7-10-8-4-3-5-12-6-8/h8,10-11H,3-7H2,1-2H3/t8-/m0/s1. The Morgan fingerprint density at radius 2 is 2.33 bits per heavy atom. The number of rotatable bonds is 3. The summed E-state index contributed by atoms with van der Waals surface area (Å²) in [5.41, 5.74) is -0.567. The molecule has 0 bridgehead atoms. The van der Waals surface area contributed by atoms with Crippen LogP contribution in [0.3, 0.4) is 0 Å². The van der Waals surface area contributed by atoms with E-state index in [1.165, 1.54) is 24.3 Å². The van der Waals surface area contributed by atoms with Gasteiger partial charge in [0.1, 0.15) is 0 Å². The largest absolute Gasteiger partial charge is 0.389 e. The van der Waals surface area contributed by atoms with E-state index >= 15 is 0 Å². The van der Waals surface area contributed by atoms with Gasteiger partial charge in [0.25, 0.3) is 0 Å². The summed E-state index contributed by atoms with van der Waals surface area (Å²) >= 11 is 2.01. The van der Waals surface area contributed by atoms with Crippen molar-refractivity contribution in [2.75, 3.05) is 18.1 Å². The van der Waals surface area contributed by atoms with Crippen LogP contribution in [0.4, 0.5) is 0 Å². The van der Waals surface area contributed by atoms with Crippen LogP contribution in [0.5, 0.6) is 0 Å². The van der Waals surface area contributed by atoms with Gasteiger partial charge in [0, 0.05) is 18.3 Å². The van der Waals surface area contributed by atoms with E-state index in [0.29, 0.717) is 12.6 Å². The third-order valence-corrected chi connectivity index (χ3v) is 3.20. The Morgan fingerprint density at radius 1 is 1.58 bits per heavy atom. The van der Waals surface area contributed by atoms with Crippen LogP contribution in [0.2, 0.25) is 0 Å². The molecule has 1 atom stereocenters. The lowest BCUT2D eigenvalue weighted by molar-refractivity contribution is 0.0767. The number of hydrogen-bond acceptors (Lipinski definition) is 3. The zero-order chi connectivity index (χ0) is 9.03. The topological polar surface area (TPSA) is 32.3 Å². The summed E-state index contributed by atoms with van der Waals surface area (Å²) in [5.74, 6) is 2.51. The molecular weight excluding hydrogens is 170 g/mol. The number of hydrogen-bond donors (Lipinski definition) is 2. The summed E-state index contributed by atoms with van der Waals surface area (Å²) in [5, 5.41) is 12.9. The van der Waals surface area contributed by atoms with Gasteiger partial charge in [0.2, 0.25) is 0 Å². The van der Waals surface area contributed by atoms with Crippen molar-refractivity contribution < 1.29 is 5.11 Å². The first-order chi connectivity index (χ1) is 5.58. The van der Waals surface area contributed by atoms with E-state index < -0.39 is 5.60 Å². The average molecular weight is 189 g/mol. The monoisotopic (exact) mass is 189 g/mol. The van der Waals surface area contributed by atoms with Crippen molar-refractivity contribution in [3.05, 3.63) is 0 Å². The highest BCUT2D eigenvalue weighted by Crippen LogP contribution is 2.17. The van der Waals surface area contributed by atoms with Gasteiger partial charge >= 0.3 is 0 Å². The Hall–Kier alpha value is 0.270. The van der Waals surface area contributed by atoms with Crippen LogP contribution in [0.25, 0.3) is 0 Å². The molecule has 0 aromatic rings. The minimum absolute atomic E-state index is 0.567. The van der Waals surface area contributed by atoms with Crippen molar-refractivity contribution >= 4 is 11.8 Å². The molecule has 0 aliphatic carbocycles. The maximum Gasteiger partial charge on any atom is 0.0715 e. The van der Waals surface area contributed by atoms with E-state index in [9.17, 15) is 5.11 Å². The van der Waals surface area contributed by atoms with Crippen molar-refractivity contribution in [3.63, 3.8) is 0 Å². The van der Waals surface area contributed by atoms with Crippen LogP contribution in [0.15, 0.2) is 0 Å². The average Bonchev–Trinajstić information content (AvgIpc) is 2.02. The van der Waals surface area contributed by atoms with Gasteiger partial charge in [0.05, 0.1) is 5.60 Å². The predicted octanol–water partition coefficient (Wildman–Crippen LogP) is 1.24. The lowest BCUT2D eigenvalue weighted by Crippen LogP contribution is -2.42. The first kappa shape index (κ1) is 10.4. The highest BCUT2D eigenvalue weighted by atomic mass is 32.2. The third-order valence-electron chi connectivity index (χ3n) is 1.98. The van der Waals surface area contributed by atoms with Crippen LogP contribution in [-0.2, 0) is 0 Å². The zero-order valence-corrected chi connectivity index (χ0v) is 8.78. The van der Waals surface area contributed by atoms with Crippen LogP contribution in [0, 0.1) is 0 Å². The molecule has 0 aromatic heterocycles. The van der Waals surface area contributed by atoms with Gasteiger partial charge < -0.3 is 10.4 Å². The minimum Gasteiger partial charge on any atom is -0.389 e. The maximum absolute atomic E-state index is 9.48. The molecule has 0 spiro atoms. The van der Waals surface area contributed by atoms with Gasteiger partial charge in [-0.25, -0.2) is 0 Å². The zero-order valence-electron chi connectivity index (χ0n) is 7.97. The fourth-order valence-electron chi connectivity index (χ4n) is 1.30. The first-order valence-electron chi connectivity index (χ1n) is 4.61. The van der Waals surface area contributed by atoms with Crippen LogP contribution in [0.1, 0.15) is 26.7 Å². The van der Waals surface area contributed by atoms with E-state index in [-0.39, 0.29) is 0 Å². The first-order valence-corrected chi connectivity index (χ1v) is 5.77. The van der Waals surface area contributed by atoms with E-state index in [1.807, 2.05) is 25.6 Å². The normalized spacial score (nSPS) is 25.8. The van der Waals surface area contributed by atoms with Gasteiger partial charge in [0.15, 0.2) is 0 Å². The Morgan fingerprint density at radius 3 is 2.83 bits per heavy atom. The Bertz CT molecular complexity index is 127. The lowest BCUT2D eigenvalue weighted by atomic mass is 10.1. The predicted molar refractivity (Wildman–Crippen MR) is 54.6 cm³/mol. The summed E-state index contributed by atoms with van der Waals surface area (Å²) in [6.07, 6.45) is 2.58. The summed E-state index contributed by atoms with van der Waals surface area (Å²) in [6, 6.07) is 0.621. The molecule has 1 fully saturated rings. The number of thioether (sulfide) groups is 1. The van der Waals surface area contributed by atoms with Gasteiger partial charge in [-0.15, -0.1) is 0 Å². The fraction of sp³-hybridized carbons (Fsp3) is 1.00. The van der Waals surface area contributed by atoms with Crippen LogP contribution < -0.4 is 5.32 Å². The molecule has 0 aromatic carbocycles. The SMILES string of the molecule is CC(C)(O)CN[C@H]1CCCSC1. The maximum atomic E-state index is 9.48. The van der Waals surface area contributed by atoms with E-state index in [1.54, 1.807) is 0 Å². The smallest absolute Gasteiger partial charge is 0.0715 e. The molecule has 0 amide bonds. The molecule has 1 rings (SSSR count). The highest BCUT2D eigenvalue weighted by Gasteiger charge is 2.17. The summed E-state index contributed by atoms with van der Waals surface area (Å²) in [6.45, 7) is 4.39. The number of nitrogens with one attached hydrogen (secondary N) is 1. The third kappa shape index (κ3) is 4.33. The second kappa shape index (κ2) is 4.49. The summed E-state index contributed by atoms with van der Waals surface area (Å²) in [4.78, 5) is 0. The quantitative estimate of drug-likeness (QED) is 0.700. The van der Waals surface area contributed by atoms with Crippen LogP contribution in [-0.4, -0.2) is 34.8 Å². The summed E-state index contributed by atoms with van der Waals surface area (Å²) in [7, 11) is 0. The molecule has 0 saturated carbocycles. The van der Waals surface area contributed by atoms with E-state index in [4.69, 9.17) is 0 Å². The van der Waals surface area contributed by atoms with Crippen molar-refractivity contribution in [3.8, 4) is 0 Å². The number of aliphatic hydroxyl groups is 1. The Kier molecular flexibility index (Phi) is 3.87. The molecule has 0 unspecified atom stereocenters. The van der Waals surface area contributed by atoms with Gasteiger partial charge in [-0.3, -0.25) is 0 Å². The van der Waals surface area contributed by atoms with Crippen LogP contribution >= 0.6 is 11.8 Å². The molecule has 1 aliphatic rings. The molecule has 12 heavy (non-hydrogen) atoms. The summed E-state index contributed by atoms with van der Waals surface area (Å²) < 4.78 is 0. The Labute approximate surface area is 79.1 Å².